The van der Waals surface area contributed by atoms with Crippen LogP contribution >= 0.6 is 12.2 Å². The highest BCUT2D eigenvalue weighted by atomic mass is 32.2. The van der Waals surface area contributed by atoms with E-state index in [0.29, 0.717) is 16.2 Å². The zero-order valence-electron chi connectivity index (χ0n) is 9.34. The monoisotopic (exact) mass is 269 g/mol. The lowest BCUT2D eigenvalue weighted by Gasteiger charge is -2.03. The molecule has 0 saturated heterocycles. The first-order valence-corrected chi connectivity index (χ1v) is 7.11. The zero-order chi connectivity index (χ0) is 12.6. The third-order valence-electron chi connectivity index (χ3n) is 2.40. The van der Waals surface area contributed by atoms with Crippen molar-refractivity contribution in [1.29, 1.82) is 0 Å². The fraction of sp³-hybridized carbons (Fsp3) is 0.200. The minimum absolute atomic E-state index is 0.268. The molecule has 1 aromatic carbocycles. The Morgan fingerprint density at radius 2 is 2.12 bits per heavy atom. The summed E-state index contributed by atoms with van der Waals surface area (Å²) in [4.78, 5) is 0.268. The zero-order valence-corrected chi connectivity index (χ0v) is 11.0. The van der Waals surface area contributed by atoms with E-state index in [2.05, 4.69) is 10.2 Å². The van der Waals surface area contributed by atoms with E-state index in [4.69, 9.17) is 12.2 Å². The van der Waals surface area contributed by atoms with Gasteiger partial charge in [0, 0.05) is 18.9 Å². The number of hydrogen-bond donors (Lipinski definition) is 1. The highest BCUT2D eigenvalue weighted by Crippen LogP contribution is 2.20. The average molecular weight is 269 g/mol. The largest absolute Gasteiger partial charge is 0.303 e. The Bertz CT molecular complexity index is 713. The summed E-state index contributed by atoms with van der Waals surface area (Å²) < 4.78 is 25.1. The Morgan fingerprint density at radius 3 is 2.65 bits per heavy atom. The fourth-order valence-electron chi connectivity index (χ4n) is 1.47. The number of benzene rings is 1. The van der Waals surface area contributed by atoms with Gasteiger partial charge in [0.1, 0.15) is 0 Å². The molecule has 2 rings (SSSR count). The van der Waals surface area contributed by atoms with E-state index in [1.165, 1.54) is 6.26 Å². The molecule has 0 spiro atoms. The molecule has 0 unspecified atom stereocenters. The summed E-state index contributed by atoms with van der Waals surface area (Å²) in [6, 6.07) is 6.61. The van der Waals surface area contributed by atoms with Gasteiger partial charge in [-0.3, -0.25) is 5.10 Å². The standard InChI is InChI=1S/C10H11N3O2S2/c1-13-9(11-12-10(13)16)7-4-3-5-8(6-7)17(2,14)15/h3-6H,1-2H3,(H,12,16). The van der Waals surface area contributed by atoms with Crippen LogP contribution in [0.5, 0.6) is 0 Å². The van der Waals surface area contributed by atoms with E-state index in [1.807, 2.05) is 0 Å². The number of nitrogens with zero attached hydrogens (tertiary/aromatic N) is 2. The lowest BCUT2D eigenvalue weighted by atomic mass is 10.2. The summed E-state index contributed by atoms with van der Waals surface area (Å²) in [5.74, 6) is 0.612. The maximum atomic E-state index is 11.5. The van der Waals surface area contributed by atoms with Crippen molar-refractivity contribution in [2.75, 3.05) is 6.26 Å². The van der Waals surface area contributed by atoms with Gasteiger partial charge in [0.25, 0.3) is 0 Å². The summed E-state index contributed by atoms with van der Waals surface area (Å²) >= 11 is 5.01. The molecule has 7 heteroatoms. The molecule has 1 aromatic heterocycles. The second kappa shape index (κ2) is 4.08. The second-order valence-corrected chi connectivity index (χ2v) is 6.11. The molecule has 2 aromatic rings. The number of aromatic amines is 1. The van der Waals surface area contributed by atoms with Crippen molar-refractivity contribution in [3.8, 4) is 11.4 Å². The van der Waals surface area contributed by atoms with Gasteiger partial charge >= 0.3 is 0 Å². The number of aromatic nitrogens is 3. The van der Waals surface area contributed by atoms with Gasteiger partial charge < -0.3 is 4.57 Å². The van der Waals surface area contributed by atoms with E-state index >= 15 is 0 Å². The Hall–Kier alpha value is -1.47. The van der Waals surface area contributed by atoms with E-state index < -0.39 is 9.84 Å². The van der Waals surface area contributed by atoms with Crippen LogP contribution in [0, 0.1) is 4.77 Å². The van der Waals surface area contributed by atoms with Gasteiger partial charge in [-0.25, -0.2) is 8.42 Å². The van der Waals surface area contributed by atoms with Crippen LogP contribution in [0.1, 0.15) is 0 Å². The first-order valence-electron chi connectivity index (χ1n) is 4.81. The third-order valence-corrected chi connectivity index (χ3v) is 3.88. The fourth-order valence-corrected chi connectivity index (χ4v) is 2.27. The van der Waals surface area contributed by atoms with Crippen LogP contribution < -0.4 is 0 Å². The molecule has 5 nitrogen and oxygen atoms in total. The van der Waals surface area contributed by atoms with E-state index in [9.17, 15) is 8.42 Å². The van der Waals surface area contributed by atoms with Gasteiger partial charge in [-0.05, 0) is 24.4 Å². The Morgan fingerprint density at radius 1 is 1.41 bits per heavy atom. The van der Waals surface area contributed by atoms with Gasteiger partial charge in [-0.15, -0.1) is 0 Å². The number of nitrogens with one attached hydrogen (secondary N) is 1. The Labute approximate surface area is 104 Å². The summed E-state index contributed by atoms with van der Waals surface area (Å²) in [6.07, 6.45) is 1.18. The molecule has 0 aliphatic rings. The van der Waals surface area contributed by atoms with Gasteiger partial charge in [-0.2, -0.15) is 5.10 Å². The third kappa shape index (κ3) is 2.29. The predicted octanol–water partition coefficient (Wildman–Crippen LogP) is 1.55. The molecule has 0 atom stereocenters. The van der Waals surface area contributed by atoms with Crippen molar-refractivity contribution in [3.05, 3.63) is 29.0 Å². The molecule has 90 valence electrons. The molecule has 0 saturated carbocycles. The maximum Gasteiger partial charge on any atom is 0.195 e. The van der Waals surface area contributed by atoms with Crippen LogP contribution in [-0.4, -0.2) is 29.4 Å². The number of sulfone groups is 1. The van der Waals surface area contributed by atoms with Crippen LogP contribution in [0.25, 0.3) is 11.4 Å². The molecule has 0 aliphatic carbocycles. The van der Waals surface area contributed by atoms with E-state index in [-0.39, 0.29) is 4.90 Å². The summed E-state index contributed by atoms with van der Waals surface area (Å²) in [6.45, 7) is 0. The predicted molar refractivity (Wildman–Crippen MR) is 66.9 cm³/mol. The molecular formula is C10H11N3O2S2. The molecule has 0 bridgehead atoms. The number of hydrogen-bond acceptors (Lipinski definition) is 4. The highest BCUT2D eigenvalue weighted by molar-refractivity contribution is 7.90. The average Bonchev–Trinajstić information content (AvgIpc) is 2.59. The quantitative estimate of drug-likeness (QED) is 0.840. The van der Waals surface area contributed by atoms with Crippen molar-refractivity contribution < 1.29 is 8.42 Å². The topological polar surface area (TPSA) is 67.8 Å². The Balaban J connectivity index is 2.62. The van der Waals surface area contributed by atoms with Crippen molar-refractivity contribution in [3.63, 3.8) is 0 Å². The lowest BCUT2D eigenvalue weighted by molar-refractivity contribution is 0.602. The summed E-state index contributed by atoms with van der Waals surface area (Å²) in [5.41, 5.74) is 0.711. The molecule has 0 fully saturated rings. The van der Waals surface area contributed by atoms with Crippen LogP contribution in [0.2, 0.25) is 0 Å². The lowest BCUT2D eigenvalue weighted by Crippen LogP contribution is -1.98. The molecule has 0 radical (unpaired) electrons. The van der Waals surface area contributed by atoms with Crippen LogP contribution in [0.15, 0.2) is 29.2 Å². The molecule has 0 amide bonds. The SMILES string of the molecule is Cn1c(-c2cccc(S(C)(=O)=O)c2)n[nH]c1=S. The van der Waals surface area contributed by atoms with E-state index in [0.717, 1.165) is 0 Å². The summed E-state index contributed by atoms with van der Waals surface area (Å²) in [5, 5.41) is 6.72. The summed E-state index contributed by atoms with van der Waals surface area (Å²) in [7, 11) is -1.44. The minimum Gasteiger partial charge on any atom is -0.303 e. The smallest absolute Gasteiger partial charge is 0.195 e. The van der Waals surface area contributed by atoms with Gasteiger partial charge in [0.15, 0.2) is 20.4 Å². The molecule has 0 aliphatic heterocycles. The minimum atomic E-state index is -3.21. The highest BCUT2D eigenvalue weighted by Gasteiger charge is 2.11. The number of rotatable bonds is 2. The second-order valence-electron chi connectivity index (χ2n) is 3.71. The van der Waals surface area contributed by atoms with Gasteiger partial charge in [-0.1, -0.05) is 12.1 Å². The molecule has 1 N–H and O–H groups in total. The maximum absolute atomic E-state index is 11.5. The van der Waals surface area contributed by atoms with Gasteiger partial charge in [0.05, 0.1) is 4.90 Å². The van der Waals surface area contributed by atoms with Crippen molar-refractivity contribution in [1.82, 2.24) is 14.8 Å². The Kier molecular flexibility index (Phi) is 2.88. The normalized spacial score (nSPS) is 11.6. The first-order chi connectivity index (χ1) is 7.89. The molecular weight excluding hydrogens is 258 g/mol. The van der Waals surface area contributed by atoms with Crippen molar-refractivity contribution in [2.45, 2.75) is 4.90 Å². The number of H-pyrrole nitrogens is 1. The van der Waals surface area contributed by atoms with Crippen LogP contribution in [0.4, 0.5) is 0 Å². The van der Waals surface area contributed by atoms with Crippen molar-refractivity contribution in [2.24, 2.45) is 7.05 Å². The van der Waals surface area contributed by atoms with Crippen molar-refractivity contribution >= 4 is 22.1 Å². The molecule has 1 heterocycles. The molecule has 17 heavy (non-hydrogen) atoms. The van der Waals surface area contributed by atoms with Gasteiger partial charge in [0.2, 0.25) is 0 Å². The first kappa shape index (κ1) is 12.0. The van der Waals surface area contributed by atoms with Crippen LogP contribution in [0.3, 0.4) is 0 Å². The van der Waals surface area contributed by atoms with Crippen LogP contribution in [-0.2, 0) is 16.9 Å². The van der Waals surface area contributed by atoms with E-state index in [1.54, 1.807) is 35.9 Å².